The third-order valence-corrected chi connectivity index (χ3v) is 3.55. The Morgan fingerprint density at radius 3 is 2.87 bits per heavy atom. The molecule has 0 fully saturated rings. The molecule has 2 nitrogen and oxygen atoms in total. The molecule has 0 aliphatic heterocycles. The molecule has 0 saturated heterocycles. The van der Waals surface area contributed by atoms with E-state index >= 15 is 0 Å². The lowest BCUT2D eigenvalue weighted by Crippen LogP contribution is -2.08. The summed E-state index contributed by atoms with van der Waals surface area (Å²) in [6.45, 7) is 1.99. The molecule has 0 heterocycles. The van der Waals surface area contributed by atoms with Gasteiger partial charge in [0.1, 0.15) is 0 Å². The summed E-state index contributed by atoms with van der Waals surface area (Å²) in [5, 5.41) is 9.51. The number of rotatable bonds is 5. The van der Waals surface area contributed by atoms with Crippen molar-refractivity contribution < 1.29 is 9.90 Å². The van der Waals surface area contributed by atoms with Gasteiger partial charge in [0.15, 0.2) is 0 Å². The fraction of sp³-hybridized carbons (Fsp3) is 0.364. The predicted molar refractivity (Wildman–Crippen MR) is 63.6 cm³/mol. The highest BCUT2D eigenvalue weighted by molar-refractivity contribution is 8.00. The summed E-state index contributed by atoms with van der Waals surface area (Å²) in [4.78, 5) is 11.6. The van der Waals surface area contributed by atoms with E-state index in [0.29, 0.717) is 5.02 Å². The Morgan fingerprint density at radius 1 is 1.60 bits per heavy atom. The zero-order valence-corrected chi connectivity index (χ0v) is 10.0. The Balaban J connectivity index is 2.62. The first kappa shape index (κ1) is 12.4. The summed E-state index contributed by atoms with van der Waals surface area (Å²) < 4.78 is 0. The van der Waals surface area contributed by atoms with Gasteiger partial charge in [-0.25, -0.2) is 0 Å². The predicted octanol–water partition coefficient (Wildman–Crippen LogP) is 3.69. The average molecular weight is 245 g/mol. The van der Waals surface area contributed by atoms with Gasteiger partial charge in [0.05, 0.1) is 6.42 Å². The van der Waals surface area contributed by atoms with E-state index in [0.717, 1.165) is 11.3 Å². The van der Waals surface area contributed by atoms with Crippen molar-refractivity contribution >= 4 is 29.3 Å². The first-order valence-corrected chi connectivity index (χ1v) is 6.01. The Kier molecular flexibility index (Phi) is 4.99. The molecule has 0 radical (unpaired) electrons. The highest BCUT2D eigenvalue weighted by atomic mass is 35.5. The third-order valence-electron chi connectivity index (χ3n) is 1.96. The van der Waals surface area contributed by atoms with Gasteiger partial charge >= 0.3 is 5.97 Å². The van der Waals surface area contributed by atoms with E-state index in [-0.39, 0.29) is 11.7 Å². The minimum atomic E-state index is -0.753. The van der Waals surface area contributed by atoms with Gasteiger partial charge in [0, 0.05) is 15.2 Å². The maximum Gasteiger partial charge on any atom is 0.304 e. The first-order valence-electron chi connectivity index (χ1n) is 4.76. The number of carboxylic acid groups (broad SMARTS) is 1. The topological polar surface area (TPSA) is 37.3 Å². The van der Waals surface area contributed by atoms with Gasteiger partial charge in [-0.3, -0.25) is 4.79 Å². The number of halogens is 1. The molecular weight excluding hydrogens is 232 g/mol. The first-order chi connectivity index (χ1) is 7.11. The molecule has 1 aromatic carbocycles. The van der Waals surface area contributed by atoms with Crippen molar-refractivity contribution in [3.05, 3.63) is 29.3 Å². The standard InChI is InChI=1S/C11H13ClO2S/c1-2-9(7-11(13)14)15-10-5-3-4-8(12)6-10/h3-6,9H,2,7H2,1H3,(H,13,14). The molecule has 0 spiro atoms. The van der Waals surface area contributed by atoms with Crippen LogP contribution < -0.4 is 0 Å². The van der Waals surface area contributed by atoms with Gasteiger partial charge in [-0.15, -0.1) is 11.8 Å². The van der Waals surface area contributed by atoms with E-state index < -0.39 is 5.97 Å². The summed E-state index contributed by atoms with van der Waals surface area (Å²) in [6.07, 6.45) is 1.02. The van der Waals surface area contributed by atoms with Gasteiger partial charge < -0.3 is 5.11 Å². The molecule has 0 bridgehead atoms. The van der Waals surface area contributed by atoms with E-state index in [2.05, 4.69) is 0 Å². The minimum absolute atomic E-state index is 0.112. The molecule has 1 atom stereocenters. The van der Waals surface area contributed by atoms with Gasteiger partial charge in [0.2, 0.25) is 0 Å². The van der Waals surface area contributed by atoms with Crippen LogP contribution in [0.25, 0.3) is 0 Å². The van der Waals surface area contributed by atoms with Crippen LogP contribution in [0.3, 0.4) is 0 Å². The number of thioether (sulfide) groups is 1. The van der Waals surface area contributed by atoms with Crippen molar-refractivity contribution in [2.24, 2.45) is 0 Å². The number of carbonyl (C=O) groups is 1. The highest BCUT2D eigenvalue weighted by Gasteiger charge is 2.12. The van der Waals surface area contributed by atoms with Crippen LogP contribution in [0.4, 0.5) is 0 Å². The van der Waals surface area contributed by atoms with Gasteiger partial charge in [-0.2, -0.15) is 0 Å². The number of hydrogen-bond donors (Lipinski definition) is 1. The van der Waals surface area contributed by atoms with Crippen LogP contribution in [0.2, 0.25) is 5.02 Å². The molecule has 1 rings (SSSR count). The molecule has 1 aromatic rings. The quantitative estimate of drug-likeness (QED) is 0.803. The van der Waals surface area contributed by atoms with Crippen LogP contribution in [0.5, 0.6) is 0 Å². The molecule has 15 heavy (non-hydrogen) atoms. The second-order valence-electron chi connectivity index (χ2n) is 3.20. The number of aliphatic carboxylic acids is 1. The molecule has 0 saturated carbocycles. The van der Waals surface area contributed by atoms with Crippen LogP contribution in [-0.2, 0) is 4.79 Å². The summed E-state index contributed by atoms with van der Waals surface area (Å²) in [5.74, 6) is -0.753. The normalized spacial score (nSPS) is 12.4. The summed E-state index contributed by atoms with van der Waals surface area (Å²) >= 11 is 7.41. The molecular formula is C11H13ClO2S. The minimum Gasteiger partial charge on any atom is -0.481 e. The van der Waals surface area contributed by atoms with E-state index in [9.17, 15) is 4.79 Å². The van der Waals surface area contributed by atoms with Crippen molar-refractivity contribution in [2.45, 2.75) is 29.9 Å². The lowest BCUT2D eigenvalue weighted by atomic mass is 10.2. The van der Waals surface area contributed by atoms with Gasteiger partial charge in [-0.05, 0) is 24.6 Å². The molecule has 1 unspecified atom stereocenters. The fourth-order valence-electron chi connectivity index (χ4n) is 1.20. The SMILES string of the molecule is CCC(CC(=O)O)Sc1cccc(Cl)c1. The Morgan fingerprint density at radius 2 is 2.33 bits per heavy atom. The Hall–Kier alpha value is -0.670. The smallest absolute Gasteiger partial charge is 0.304 e. The van der Waals surface area contributed by atoms with Crippen molar-refractivity contribution in [3.8, 4) is 0 Å². The van der Waals surface area contributed by atoms with Crippen LogP contribution in [0.15, 0.2) is 29.2 Å². The molecule has 0 aromatic heterocycles. The number of benzene rings is 1. The second-order valence-corrected chi connectivity index (χ2v) is 5.01. The Bertz CT molecular complexity index is 341. The van der Waals surface area contributed by atoms with Crippen LogP contribution in [0.1, 0.15) is 19.8 Å². The van der Waals surface area contributed by atoms with E-state index in [1.54, 1.807) is 11.8 Å². The molecule has 4 heteroatoms. The third kappa shape index (κ3) is 4.58. The molecule has 0 aliphatic rings. The van der Waals surface area contributed by atoms with Crippen molar-refractivity contribution in [3.63, 3.8) is 0 Å². The maximum atomic E-state index is 10.6. The summed E-state index contributed by atoms with van der Waals surface area (Å²) in [6, 6.07) is 7.49. The highest BCUT2D eigenvalue weighted by Crippen LogP contribution is 2.29. The van der Waals surface area contributed by atoms with Gasteiger partial charge in [-0.1, -0.05) is 24.6 Å². The zero-order chi connectivity index (χ0) is 11.3. The number of hydrogen-bond acceptors (Lipinski definition) is 2. The maximum absolute atomic E-state index is 10.6. The van der Waals surface area contributed by atoms with E-state index in [1.165, 1.54) is 0 Å². The lowest BCUT2D eigenvalue weighted by Gasteiger charge is -2.11. The average Bonchev–Trinajstić information content (AvgIpc) is 2.16. The van der Waals surface area contributed by atoms with Crippen molar-refractivity contribution in [1.82, 2.24) is 0 Å². The van der Waals surface area contributed by atoms with Crippen molar-refractivity contribution in [2.75, 3.05) is 0 Å². The Labute approximate surface area is 98.6 Å². The van der Waals surface area contributed by atoms with Crippen LogP contribution in [-0.4, -0.2) is 16.3 Å². The largest absolute Gasteiger partial charge is 0.481 e. The molecule has 0 amide bonds. The summed E-state index contributed by atoms with van der Waals surface area (Å²) in [7, 11) is 0. The summed E-state index contributed by atoms with van der Waals surface area (Å²) in [5.41, 5.74) is 0. The monoisotopic (exact) mass is 244 g/mol. The van der Waals surface area contributed by atoms with Gasteiger partial charge in [0.25, 0.3) is 0 Å². The second kappa shape index (κ2) is 6.03. The molecule has 82 valence electrons. The molecule has 1 N–H and O–H groups in total. The van der Waals surface area contributed by atoms with E-state index in [4.69, 9.17) is 16.7 Å². The molecule has 0 aliphatic carbocycles. The van der Waals surface area contributed by atoms with Crippen LogP contribution >= 0.6 is 23.4 Å². The fourth-order valence-corrected chi connectivity index (χ4v) is 2.58. The number of carboxylic acids is 1. The van der Waals surface area contributed by atoms with Crippen molar-refractivity contribution in [1.29, 1.82) is 0 Å². The lowest BCUT2D eigenvalue weighted by molar-refractivity contribution is -0.136. The zero-order valence-electron chi connectivity index (χ0n) is 8.44. The van der Waals surface area contributed by atoms with E-state index in [1.807, 2.05) is 31.2 Å². The van der Waals surface area contributed by atoms with Crippen LogP contribution in [0, 0.1) is 0 Å².